The van der Waals surface area contributed by atoms with Crippen LogP contribution in [0, 0.1) is 0 Å². The molecule has 17 heavy (non-hydrogen) atoms. The smallest absolute Gasteiger partial charge is 0.132 e. The van der Waals surface area contributed by atoms with Crippen LogP contribution in [-0.2, 0) is 5.67 Å². The van der Waals surface area contributed by atoms with Crippen molar-refractivity contribution in [2.24, 2.45) is 0 Å². The van der Waals surface area contributed by atoms with Gasteiger partial charge in [0.05, 0.1) is 0 Å². The summed E-state index contributed by atoms with van der Waals surface area (Å²) in [6, 6.07) is 5.73. The molecule has 0 bridgehead atoms. The van der Waals surface area contributed by atoms with E-state index in [-0.39, 0.29) is 0 Å². The summed E-state index contributed by atoms with van der Waals surface area (Å²) in [5, 5.41) is 3.88. The van der Waals surface area contributed by atoms with E-state index in [1.54, 1.807) is 19.9 Å². The van der Waals surface area contributed by atoms with Crippen molar-refractivity contribution < 1.29 is 4.39 Å². The summed E-state index contributed by atoms with van der Waals surface area (Å²) >= 11 is 6.18. The lowest BCUT2D eigenvalue weighted by atomic mass is 9.83. The van der Waals surface area contributed by atoms with E-state index in [4.69, 9.17) is 11.6 Å². The number of nitrogens with one attached hydrogen (secondary N) is 1. The van der Waals surface area contributed by atoms with Gasteiger partial charge in [0.2, 0.25) is 0 Å². The number of hydrogen-bond donors (Lipinski definition) is 1. The Morgan fingerprint density at radius 3 is 2.53 bits per heavy atom. The largest absolute Gasteiger partial charge is 0.317 e. The maximum Gasteiger partial charge on any atom is 0.132 e. The molecule has 94 valence electrons. The number of alkyl halides is 1. The molecule has 1 nitrogen and oxygen atoms in total. The van der Waals surface area contributed by atoms with E-state index in [1.165, 1.54) is 0 Å². The summed E-state index contributed by atoms with van der Waals surface area (Å²) in [6.07, 6.45) is 2.12. The fourth-order valence-electron chi connectivity index (χ4n) is 2.64. The predicted octanol–water partition coefficient (Wildman–Crippen LogP) is 4.01. The van der Waals surface area contributed by atoms with E-state index >= 15 is 0 Å². The SMILES string of the molecule is CC(C)(F)c1c(Cl)cccc1C1CCNCC1. The van der Waals surface area contributed by atoms with Gasteiger partial charge in [-0.15, -0.1) is 0 Å². The molecule has 0 atom stereocenters. The minimum Gasteiger partial charge on any atom is -0.317 e. The molecule has 0 radical (unpaired) electrons. The highest BCUT2D eigenvalue weighted by Gasteiger charge is 2.29. The number of piperidine rings is 1. The van der Waals surface area contributed by atoms with Crippen molar-refractivity contribution in [2.45, 2.75) is 38.3 Å². The molecule has 1 heterocycles. The topological polar surface area (TPSA) is 12.0 Å². The Kier molecular flexibility index (Phi) is 3.74. The molecule has 1 aliphatic heterocycles. The van der Waals surface area contributed by atoms with E-state index in [9.17, 15) is 4.39 Å². The molecule has 0 spiro atoms. The Hall–Kier alpha value is -0.600. The van der Waals surface area contributed by atoms with Gasteiger partial charge in [0.15, 0.2) is 0 Å². The maximum atomic E-state index is 14.3. The lowest BCUT2D eigenvalue weighted by Crippen LogP contribution is -2.28. The highest BCUT2D eigenvalue weighted by Crippen LogP contribution is 2.39. The Balaban J connectivity index is 2.42. The molecule has 3 heteroatoms. The molecule has 1 saturated heterocycles. The Labute approximate surface area is 107 Å². The Morgan fingerprint density at radius 2 is 1.94 bits per heavy atom. The zero-order valence-electron chi connectivity index (χ0n) is 10.4. The van der Waals surface area contributed by atoms with Crippen molar-refractivity contribution in [3.63, 3.8) is 0 Å². The van der Waals surface area contributed by atoms with Crippen LogP contribution in [0.25, 0.3) is 0 Å². The summed E-state index contributed by atoms with van der Waals surface area (Å²) < 4.78 is 14.3. The third kappa shape index (κ3) is 2.80. The average molecular weight is 256 g/mol. The minimum atomic E-state index is -1.38. The molecule has 0 saturated carbocycles. The van der Waals surface area contributed by atoms with Gasteiger partial charge in [0.25, 0.3) is 0 Å². The van der Waals surface area contributed by atoms with Gasteiger partial charge in [-0.05, 0) is 57.3 Å². The summed E-state index contributed by atoms with van der Waals surface area (Å²) in [5.41, 5.74) is 0.388. The van der Waals surface area contributed by atoms with Crippen molar-refractivity contribution in [1.29, 1.82) is 0 Å². The van der Waals surface area contributed by atoms with Crippen LogP contribution >= 0.6 is 11.6 Å². The van der Waals surface area contributed by atoms with Crippen LogP contribution in [0.1, 0.15) is 43.7 Å². The van der Waals surface area contributed by atoms with Crippen LogP contribution in [0.4, 0.5) is 4.39 Å². The zero-order chi connectivity index (χ0) is 12.5. The van der Waals surface area contributed by atoms with Crippen LogP contribution < -0.4 is 5.32 Å². The summed E-state index contributed by atoms with van der Waals surface area (Å²) in [6.45, 7) is 5.17. The quantitative estimate of drug-likeness (QED) is 0.842. The molecular formula is C14H19ClFN. The lowest BCUT2D eigenvalue weighted by Gasteiger charge is -2.29. The highest BCUT2D eigenvalue weighted by molar-refractivity contribution is 6.31. The van der Waals surface area contributed by atoms with Gasteiger partial charge < -0.3 is 5.32 Å². The molecule has 1 aliphatic rings. The lowest BCUT2D eigenvalue weighted by molar-refractivity contribution is 0.218. The first-order valence-electron chi connectivity index (χ1n) is 6.18. The van der Waals surface area contributed by atoms with E-state index in [0.29, 0.717) is 16.5 Å². The first-order chi connectivity index (χ1) is 8.00. The molecule has 0 aromatic heterocycles. The number of rotatable bonds is 2. The molecular weight excluding hydrogens is 237 g/mol. The molecule has 0 unspecified atom stereocenters. The first-order valence-corrected chi connectivity index (χ1v) is 6.56. The van der Waals surface area contributed by atoms with Crippen molar-refractivity contribution >= 4 is 11.6 Å². The second-order valence-electron chi connectivity index (χ2n) is 5.20. The van der Waals surface area contributed by atoms with Crippen LogP contribution in [-0.4, -0.2) is 13.1 Å². The van der Waals surface area contributed by atoms with Crippen molar-refractivity contribution in [3.05, 3.63) is 34.3 Å². The third-order valence-corrected chi connectivity index (χ3v) is 3.73. The standard InChI is InChI=1S/C14H19ClFN/c1-14(2,16)13-11(4-3-5-12(13)15)10-6-8-17-9-7-10/h3-5,10,17H,6-9H2,1-2H3. The highest BCUT2D eigenvalue weighted by atomic mass is 35.5. The van der Waals surface area contributed by atoms with Crippen molar-refractivity contribution in [2.75, 3.05) is 13.1 Å². The molecule has 0 aliphatic carbocycles. The van der Waals surface area contributed by atoms with E-state index in [2.05, 4.69) is 5.32 Å². The van der Waals surface area contributed by atoms with E-state index in [0.717, 1.165) is 31.5 Å². The second-order valence-corrected chi connectivity index (χ2v) is 5.61. The zero-order valence-corrected chi connectivity index (χ0v) is 11.1. The van der Waals surface area contributed by atoms with Gasteiger partial charge in [-0.2, -0.15) is 0 Å². The van der Waals surface area contributed by atoms with Crippen LogP contribution in [0.2, 0.25) is 5.02 Å². The maximum absolute atomic E-state index is 14.3. The number of halogens is 2. The van der Waals surface area contributed by atoms with E-state index < -0.39 is 5.67 Å². The normalized spacial score (nSPS) is 18.4. The predicted molar refractivity (Wildman–Crippen MR) is 70.4 cm³/mol. The third-order valence-electron chi connectivity index (χ3n) is 3.42. The molecule has 1 N–H and O–H groups in total. The molecule has 1 aromatic rings. The van der Waals surface area contributed by atoms with Crippen molar-refractivity contribution in [1.82, 2.24) is 5.32 Å². The Bertz CT molecular complexity index is 392. The molecule has 1 aromatic carbocycles. The fourth-order valence-corrected chi connectivity index (χ4v) is 3.05. The number of hydrogen-bond acceptors (Lipinski definition) is 1. The first kappa shape index (κ1) is 12.8. The van der Waals surface area contributed by atoms with Gasteiger partial charge in [-0.3, -0.25) is 0 Å². The summed E-state index contributed by atoms with van der Waals surface area (Å²) in [7, 11) is 0. The van der Waals surface area contributed by atoms with Crippen LogP contribution in [0.3, 0.4) is 0 Å². The van der Waals surface area contributed by atoms with Gasteiger partial charge in [-0.25, -0.2) is 4.39 Å². The second kappa shape index (κ2) is 4.95. The molecule has 0 amide bonds. The fraction of sp³-hybridized carbons (Fsp3) is 0.571. The molecule has 2 rings (SSSR count). The van der Waals surface area contributed by atoms with Gasteiger partial charge >= 0.3 is 0 Å². The van der Waals surface area contributed by atoms with Gasteiger partial charge in [0.1, 0.15) is 5.67 Å². The van der Waals surface area contributed by atoms with Crippen LogP contribution in [0.15, 0.2) is 18.2 Å². The van der Waals surface area contributed by atoms with Gasteiger partial charge in [0, 0.05) is 10.6 Å². The van der Waals surface area contributed by atoms with E-state index in [1.807, 2.05) is 12.1 Å². The average Bonchev–Trinajstić information content (AvgIpc) is 2.28. The van der Waals surface area contributed by atoms with Gasteiger partial charge in [-0.1, -0.05) is 23.7 Å². The summed E-state index contributed by atoms with van der Waals surface area (Å²) in [4.78, 5) is 0. The monoisotopic (exact) mass is 255 g/mol. The van der Waals surface area contributed by atoms with Crippen LogP contribution in [0.5, 0.6) is 0 Å². The summed E-state index contributed by atoms with van der Waals surface area (Å²) in [5.74, 6) is 0.431. The molecule has 1 fully saturated rings. The minimum absolute atomic E-state index is 0.431. The van der Waals surface area contributed by atoms with Crippen molar-refractivity contribution in [3.8, 4) is 0 Å². The Morgan fingerprint density at radius 1 is 1.29 bits per heavy atom. The number of benzene rings is 1.